The van der Waals surface area contributed by atoms with Gasteiger partial charge in [-0.3, -0.25) is 9.09 Å². The molecule has 0 bridgehead atoms. The van der Waals surface area contributed by atoms with Crippen molar-refractivity contribution in [1.82, 2.24) is 0 Å². The van der Waals surface area contributed by atoms with E-state index in [2.05, 4.69) is 33.8 Å². The van der Waals surface area contributed by atoms with Gasteiger partial charge in [-0.25, -0.2) is 4.39 Å². The van der Waals surface area contributed by atoms with Crippen molar-refractivity contribution in [3.63, 3.8) is 0 Å². The summed E-state index contributed by atoms with van der Waals surface area (Å²) in [5.74, 6) is 1.05. The molecule has 1 saturated heterocycles. The van der Waals surface area contributed by atoms with E-state index in [-0.39, 0.29) is 24.7 Å². The quantitative estimate of drug-likeness (QED) is 0.377. The molecule has 0 spiro atoms. The van der Waals surface area contributed by atoms with Gasteiger partial charge >= 0.3 is 7.60 Å². The van der Waals surface area contributed by atoms with Crippen LogP contribution in [0.4, 0.5) is 4.39 Å². The number of halogens is 1. The van der Waals surface area contributed by atoms with E-state index in [4.69, 9.17) is 13.8 Å². The molecule has 0 radical (unpaired) electrons. The fraction of sp³-hybridized carbons (Fsp3) is 0.448. The van der Waals surface area contributed by atoms with E-state index < -0.39 is 13.7 Å². The van der Waals surface area contributed by atoms with Gasteiger partial charge in [-0.1, -0.05) is 37.6 Å². The van der Waals surface area contributed by atoms with Crippen molar-refractivity contribution < 1.29 is 27.8 Å². The molecule has 1 heterocycles. The zero-order valence-electron chi connectivity index (χ0n) is 21.6. The third kappa shape index (κ3) is 6.47. The van der Waals surface area contributed by atoms with Crippen LogP contribution in [0, 0.1) is 25.6 Å². The SMILES string of the molecule is Cc1cc(OCP2(=O)OCCC(c3cccc(F)c3)O2)cc(C)c1CC1=CC(C(C)C)=C(O)CCC1. The normalized spacial score (nSPS) is 22.9. The maximum atomic E-state index is 13.6. The van der Waals surface area contributed by atoms with Gasteiger partial charge in [0.2, 0.25) is 0 Å². The highest BCUT2D eigenvalue weighted by Gasteiger charge is 2.35. The molecular formula is C29H36FO5P. The Morgan fingerprint density at radius 1 is 1.17 bits per heavy atom. The van der Waals surface area contributed by atoms with Crippen molar-refractivity contribution in [2.24, 2.45) is 5.92 Å². The second-order valence-electron chi connectivity index (χ2n) is 10.1. The molecule has 36 heavy (non-hydrogen) atoms. The fourth-order valence-electron chi connectivity index (χ4n) is 4.92. The molecule has 2 aliphatic rings. The molecule has 4 rings (SSSR count). The van der Waals surface area contributed by atoms with Crippen LogP contribution >= 0.6 is 7.60 Å². The van der Waals surface area contributed by atoms with Gasteiger partial charge in [0, 0.05) is 12.8 Å². The molecule has 1 fully saturated rings. The minimum atomic E-state index is -3.50. The lowest BCUT2D eigenvalue weighted by Gasteiger charge is -2.30. The molecule has 1 N–H and O–H groups in total. The van der Waals surface area contributed by atoms with Gasteiger partial charge in [0.15, 0.2) is 6.35 Å². The predicted molar refractivity (Wildman–Crippen MR) is 140 cm³/mol. The molecule has 2 unspecified atom stereocenters. The van der Waals surface area contributed by atoms with Crippen LogP contribution in [0.1, 0.15) is 67.9 Å². The Labute approximate surface area is 213 Å². The smallest absolute Gasteiger partial charge is 0.368 e. The Hall–Kier alpha value is -2.40. The average Bonchev–Trinajstić information content (AvgIpc) is 3.01. The van der Waals surface area contributed by atoms with Crippen LogP contribution in [0.2, 0.25) is 0 Å². The summed E-state index contributed by atoms with van der Waals surface area (Å²) in [6.45, 7) is 8.59. The van der Waals surface area contributed by atoms with Gasteiger partial charge < -0.3 is 14.4 Å². The van der Waals surface area contributed by atoms with E-state index in [0.29, 0.717) is 23.5 Å². The third-order valence-corrected chi connectivity index (χ3v) is 8.46. The second-order valence-corrected chi connectivity index (χ2v) is 12.0. The van der Waals surface area contributed by atoms with E-state index in [1.165, 1.54) is 23.3 Å². The Morgan fingerprint density at radius 2 is 1.92 bits per heavy atom. The lowest BCUT2D eigenvalue weighted by atomic mass is 9.92. The van der Waals surface area contributed by atoms with Crippen molar-refractivity contribution in [2.75, 3.05) is 13.0 Å². The van der Waals surface area contributed by atoms with Crippen LogP contribution in [-0.4, -0.2) is 18.1 Å². The van der Waals surface area contributed by atoms with Gasteiger partial charge in [0.25, 0.3) is 0 Å². The summed E-state index contributed by atoms with van der Waals surface area (Å²) >= 11 is 0. The minimum absolute atomic E-state index is 0.204. The van der Waals surface area contributed by atoms with Gasteiger partial charge in [0.1, 0.15) is 11.6 Å². The number of rotatable bonds is 7. The minimum Gasteiger partial charge on any atom is -0.512 e. The molecule has 1 aliphatic heterocycles. The molecule has 5 nitrogen and oxygen atoms in total. The number of hydrogen-bond donors (Lipinski definition) is 1. The number of aryl methyl sites for hydroxylation is 2. The number of aliphatic hydroxyl groups is 1. The maximum Gasteiger partial charge on any atom is 0.368 e. The van der Waals surface area contributed by atoms with Crippen molar-refractivity contribution >= 4 is 7.60 Å². The summed E-state index contributed by atoms with van der Waals surface area (Å²) in [5, 5.41) is 10.4. The number of hydrogen-bond acceptors (Lipinski definition) is 5. The average molecular weight is 515 g/mol. The lowest BCUT2D eigenvalue weighted by Crippen LogP contribution is -2.17. The summed E-state index contributed by atoms with van der Waals surface area (Å²) < 4.78 is 44.0. The van der Waals surface area contributed by atoms with Crippen molar-refractivity contribution in [2.45, 2.75) is 65.9 Å². The van der Waals surface area contributed by atoms with Crippen molar-refractivity contribution in [1.29, 1.82) is 0 Å². The third-order valence-electron chi connectivity index (χ3n) is 6.87. The van der Waals surface area contributed by atoms with E-state index in [1.807, 2.05) is 12.1 Å². The largest absolute Gasteiger partial charge is 0.512 e. The Balaban J connectivity index is 1.44. The molecule has 2 aromatic carbocycles. The van der Waals surface area contributed by atoms with Gasteiger partial charge in [-0.2, -0.15) is 0 Å². The first-order valence-electron chi connectivity index (χ1n) is 12.7. The summed E-state index contributed by atoms with van der Waals surface area (Å²) in [5.41, 5.74) is 6.42. The van der Waals surface area contributed by atoms with E-state index in [9.17, 15) is 14.1 Å². The summed E-state index contributed by atoms with van der Waals surface area (Å²) in [6, 6.07) is 10.1. The Bertz CT molecular complexity index is 1190. The van der Waals surface area contributed by atoms with E-state index in [1.54, 1.807) is 12.1 Å². The topological polar surface area (TPSA) is 65.0 Å². The molecule has 0 saturated carbocycles. The van der Waals surface area contributed by atoms with Gasteiger partial charge in [-0.15, -0.1) is 0 Å². The highest BCUT2D eigenvalue weighted by atomic mass is 31.2. The van der Waals surface area contributed by atoms with Crippen LogP contribution in [0.5, 0.6) is 5.75 Å². The standard InChI is InChI=1S/C29H36FO5P/c1-19(2)26-15-22(7-5-10-28(26)31)16-27-20(3)13-25(14-21(27)4)33-18-36(32)34-12-11-29(35-36)23-8-6-9-24(30)17-23/h6,8-9,13-15,17,19,29,31H,5,7,10-12,16,18H2,1-4H3. The highest BCUT2D eigenvalue weighted by Crippen LogP contribution is 2.56. The molecule has 7 heteroatoms. The van der Waals surface area contributed by atoms with E-state index in [0.717, 1.165) is 42.4 Å². The molecule has 0 aromatic heterocycles. The summed E-state index contributed by atoms with van der Waals surface area (Å²) in [7, 11) is -3.50. The van der Waals surface area contributed by atoms with Gasteiger partial charge in [0.05, 0.1) is 18.5 Å². The predicted octanol–water partition coefficient (Wildman–Crippen LogP) is 8.27. The maximum absolute atomic E-state index is 13.6. The van der Waals surface area contributed by atoms with Crippen LogP contribution in [0.25, 0.3) is 0 Å². The second kappa shape index (κ2) is 11.3. The highest BCUT2D eigenvalue weighted by molar-refractivity contribution is 7.53. The van der Waals surface area contributed by atoms with Crippen LogP contribution in [0.15, 0.2) is 59.4 Å². The molecule has 1 aliphatic carbocycles. The first-order chi connectivity index (χ1) is 17.1. The molecule has 194 valence electrons. The number of benzene rings is 2. The summed E-state index contributed by atoms with van der Waals surface area (Å²) in [6.07, 6.45) is 5.43. The van der Waals surface area contributed by atoms with Gasteiger partial charge in [-0.05, 0) is 91.1 Å². The summed E-state index contributed by atoms with van der Waals surface area (Å²) in [4.78, 5) is 0. The van der Waals surface area contributed by atoms with Crippen molar-refractivity contribution in [3.05, 3.63) is 87.5 Å². The lowest BCUT2D eigenvalue weighted by molar-refractivity contribution is 0.0723. The number of aliphatic hydroxyl groups excluding tert-OH is 1. The molecule has 2 atom stereocenters. The first kappa shape index (κ1) is 26.7. The van der Waals surface area contributed by atoms with Crippen molar-refractivity contribution in [3.8, 4) is 5.75 Å². The van der Waals surface area contributed by atoms with E-state index >= 15 is 0 Å². The Morgan fingerprint density at radius 3 is 2.61 bits per heavy atom. The van der Waals surface area contributed by atoms with Crippen LogP contribution < -0.4 is 4.74 Å². The monoisotopic (exact) mass is 514 g/mol. The molecule has 0 amide bonds. The number of allylic oxidation sites excluding steroid dienone is 4. The van der Waals surface area contributed by atoms with Crippen LogP contribution in [-0.2, 0) is 20.0 Å². The fourth-order valence-corrected chi connectivity index (χ4v) is 6.42. The zero-order chi connectivity index (χ0) is 25.9. The molecular weight excluding hydrogens is 478 g/mol. The molecule has 2 aromatic rings. The first-order valence-corrected chi connectivity index (χ1v) is 14.4. The van der Waals surface area contributed by atoms with Crippen LogP contribution in [0.3, 0.4) is 0 Å². The Kier molecular flexibility index (Phi) is 8.39. The number of ether oxygens (including phenoxy) is 1. The zero-order valence-corrected chi connectivity index (χ0v) is 22.4.